The molecule has 0 unspecified atom stereocenters. The van der Waals surface area contributed by atoms with Gasteiger partial charge in [-0.2, -0.15) is 17.6 Å². The van der Waals surface area contributed by atoms with E-state index in [0.29, 0.717) is 0 Å². The predicted octanol–water partition coefficient (Wildman–Crippen LogP) is 3.13. The summed E-state index contributed by atoms with van der Waals surface area (Å²) < 4.78 is 54.1. The number of halogens is 6. The van der Waals surface area contributed by atoms with Crippen molar-refractivity contribution in [1.82, 2.24) is 0 Å². The minimum Gasteiger partial charge on any atom is -0.206 e. The first-order valence-corrected chi connectivity index (χ1v) is 3.07. The van der Waals surface area contributed by atoms with Crippen LogP contribution in [0.25, 0.3) is 0 Å². The lowest BCUT2D eigenvalue weighted by atomic mass is 10.3. The largest absolute Gasteiger partial charge is 0.369 e. The molecule has 0 fully saturated rings. The van der Waals surface area contributed by atoms with E-state index >= 15 is 0 Å². The Morgan fingerprint density at radius 2 is 1.50 bits per heavy atom. The summed E-state index contributed by atoms with van der Waals surface area (Å²) in [7, 11) is 0. The van der Waals surface area contributed by atoms with E-state index in [-0.39, 0.29) is 22.6 Å². The summed E-state index contributed by atoms with van der Waals surface area (Å²) in [6, 6.07) is 0. The Labute approximate surface area is 67.2 Å². The topological polar surface area (TPSA) is 0 Å². The van der Waals surface area contributed by atoms with Gasteiger partial charge >= 0.3 is 9.85 Å². The van der Waals surface area contributed by atoms with Crippen molar-refractivity contribution in [3.8, 4) is 0 Å². The van der Waals surface area contributed by atoms with E-state index in [0.717, 1.165) is 0 Å². The highest BCUT2D eigenvalue weighted by molar-refractivity contribution is 14.1. The third-order valence-electron chi connectivity index (χ3n) is 0.697. The molecule has 0 bridgehead atoms. The maximum absolute atomic E-state index is 11.8. The van der Waals surface area contributed by atoms with Crippen LogP contribution in [0.4, 0.5) is 22.0 Å². The fourth-order valence-corrected chi connectivity index (χ4v) is 0.446. The molecule has 0 saturated carbocycles. The molecule has 0 aromatic heterocycles. The Bertz CT molecular complexity index is 146. The fourth-order valence-electron chi connectivity index (χ4n) is 0.154. The van der Waals surface area contributed by atoms with Crippen LogP contribution in [0.2, 0.25) is 0 Å². The van der Waals surface area contributed by atoms with Gasteiger partial charge in [0.15, 0.2) is 5.83 Å². The Kier molecular flexibility index (Phi) is 2.66. The third-order valence-corrected chi connectivity index (χ3v) is 1.37. The highest BCUT2D eigenvalue weighted by Gasteiger charge is 2.57. The zero-order valence-corrected chi connectivity index (χ0v) is 6.63. The minimum absolute atomic E-state index is 0.150. The summed E-state index contributed by atoms with van der Waals surface area (Å²) >= 11 is 0.150. The predicted molar refractivity (Wildman–Crippen MR) is 34.2 cm³/mol. The van der Waals surface area contributed by atoms with Crippen molar-refractivity contribution in [1.29, 1.82) is 0 Å². The monoisotopic (exact) mass is 272 g/mol. The van der Waals surface area contributed by atoms with Crippen molar-refractivity contribution in [3.05, 3.63) is 12.4 Å². The molecule has 0 spiro atoms. The molecule has 10 heavy (non-hydrogen) atoms. The number of hydrogen-bond donors (Lipinski definition) is 0. The molecule has 0 radical (unpaired) electrons. The van der Waals surface area contributed by atoms with Gasteiger partial charge in [-0.05, 0) is 0 Å². The van der Waals surface area contributed by atoms with Crippen molar-refractivity contribution in [2.24, 2.45) is 0 Å². The second-order valence-corrected chi connectivity index (χ2v) is 2.83. The fraction of sp³-hybridized carbons (Fsp3) is 0.500. The van der Waals surface area contributed by atoms with Crippen molar-refractivity contribution in [2.45, 2.75) is 9.85 Å². The van der Waals surface area contributed by atoms with Gasteiger partial charge < -0.3 is 0 Å². The van der Waals surface area contributed by atoms with Crippen LogP contribution in [-0.2, 0) is 0 Å². The third kappa shape index (κ3) is 1.80. The standard InChI is InChI=1S/C4H2F5I/c1-2(5)3(6,7)4(8,9)10/h1H2. The van der Waals surface area contributed by atoms with Gasteiger partial charge in [-0.3, -0.25) is 0 Å². The smallest absolute Gasteiger partial charge is 0.206 e. The number of allylic oxidation sites excluding steroid dienone is 1. The van der Waals surface area contributed by atoms with Gasteiger partial charge in [-0.25, -0.2) is 4.39 Å². The Morgan fingerprint density at radius 3 is 1.50 bits per heavy atom. The zero-order chi connectivity index (χ0) is 8.58. The highest BCUT2D eigenvalue weighted by Crippen LogP contribution is 2.44. The van der Waals surface area contributed by atoms with Gasteiger partial charge in [0.05, 0.1) is 0 Å². The Balaban J connectivity index is 4.57. The van der Waals surface area contributed by atoms with E-state index < -0.39 is 15.7 Å². The highest BCUT2D eigenvalue weighted by atomic mass is 127. The Hall–Kier alpha value is 0.120. The van der Waals surface area contributed by atoms with E-state index in [9.17, 15) is 22.0 Å². The van der Waals surface area contributed by atoms with E-state index in [1.807, 2.05) is 0 Å². The minimum atomic E-state index is -4.77. The van der Waals surface area contributed by atoms with Crippen LogP contribution in [0.5, 0.6) is 0 Å². The molecule has 0 heterocycles. The van der Waals surface area contributed by atoms with E-state index in [4.69, 9.17) is 0 Å². The molecule has 0 saturated heterocycles. The normalized spacial score (nSPS) is 13.4. The average Bonchev–Trinajstić information content (AvgIpc) is 1.62. The van der Waals surface area contributed by atoms with Crippen LogP contribution in [-0.4, -0.2) is 9.85 Å². The molecule has 0 aliphatic rings. The SMILES string of the molecule is C=C(F)C(F)(F)C(F)(F)I. The summed E-state index contributed by atoms with van der Waals surface area (Å²) in [5.74, 6) is -7.10. The van der Waals surface area contributed by atoms with Crippen LogP contribution >= 0.6 is 22.6 Å². The lowest BCUT2D eigenvalue weighted by Gasteiger charge is -2.18. The Morgan fingerprint density at radius 1 is 1.20 bits per heavy atom. The van der Waals surface area contributed by atoms with Crippen LogP contribution in [0.3, 0.4) is 0 Å². The molecule has 0 aromatic rings. The van der Waals surface area contributed by atoms with Crippen molar-refractivity contribution < 1.29 is 22.0 Å². The van der Waals surface area contributed by atoms with Gasteiger partial charge in [-0.15, -0.1) is 0 Å². The molecule has 6 heteroatoms. The van der Waals surface area contributed by atoms with Crippen LogP contribution in [0.1, 0.15) is 0 Å². The van der Waals surface area contributed by atoms with Gasteiger partial charge in [-0.1, -0.05) is 6.58 Å². The first-order chi connectivity index (χ1) is 4.19. The molecule has 0 aliphatic heterocycles. The summed E-state index contributed by atoms with van der Waals surface area (Å²) in [5.41, 5.74) is 0. The molecule has 0 nitrogen and oxygen atoms in total. The first-order valence-electron chi connectivity index (χ1n) is 1.99. The number of rotatable bonds is 2. The zero-order valence-electron chi connectivity index (χ0n) is 4.47. The number of hydrogen-bond acceptors (Lipinski definition) is 0. The van der Waals surface area contributed by atoms with E-state index in [1.165, 1.54) is 0 Å². The maximum Gasteiger partial charge on any atom is 0.369 e. The van der Waals surface area contributed by atoms with Gasteiger partial charge in [0.25, 0.3) is 0 Å². The van der Waals surface area contributed by atoms with E-state index in [1.54, 1.807) is 0 Å². The van der Waals surface area contributed by atoms with Crippen LogP contribution in [0, 0.1) is 0 Å². The molecular formula is C4H2F5I. The molecule has 0 N–H and O–H groups in total. The van der Waals surface area contributed by atoms with Crippen molar-refractivity contribution >= 4 is 22.6 Å². The lowest BCUT2D eigenvalue weighted by Crippen LogP contribution is -2.34. The summed E-state index contributed by atoms with van der Waals surface area (Å²) in [6.07, 6.45) is 0. The summed E-state index contributed by atoms with van der Waals surface area (Å²) in [5, 5.41) is 0. The van der Waals surface area contributed by atoms with Crippen molar-refractivity contribution in [3.63, 3.8) is 0 Å². The van der Waals surface area contributed by atoms with Gasteiger partial charge in [0.1, 0.15) is 0 Å². The summed E-state index contributed by atoms with van der Waals surface area (Å²) in [4.78, 5) is 0. The molecular weight excluding hydrogens is 270 g/mol. The van der Waals surface area contributed by atoms with Crippen LogP contribution in [0.15, 0.2) is 12.4 Å². The first kappa shape index (κ1) is 10.1. The molecule has 0 aliphatic carbocycles. The molecule has 0 rings (SSSR count). The molecule has 0 amide bonds. The van der Waals surface area contributed by atoms with Gasteiger partial charge in [0, 0.05) is 22.6 Å². The number of alkyl halides is 5. The summed E-state index contributed by atoms with van der Waals surface area (Å²) in [6.45, 7) is 2.09. The average molecular weight is 272 g/mol. The second-order valence-electron chi connectivity index (χ2n) is 1.48. The van der Waals surface area contributed by atoms with Crippen LogP contribution < -0.4 is 0 Å². The lowest BCUT2D eigenvalue weighted by molar-refractivity contribution is -0.123. The maximum atomic E-state index is 11.8. The molecule has 0 aromatic carbocycles. The van der Waals surface area contributed by atoms with Crippen molar-refractivity contribution in [2.75, 3.05) is 0 Å². The quantitative estimate of drug-likeness (QED) is 0.411. The second kappa shape index (κ2) is 2.63. The van der Waals surface area contributed by atoms with E-state index in [2.05, 4.69) is 6.58 Å². The van der Waals surface area contributed by atoms with Gasteiger partial charge in [0.2, 0.25) is 0 Å². The molecule has 60 valence electrons. The molecule has 0 atom stereocenters.